The number of rotatable bonds is 2. The fraction of sp³-hybridized carbons (Fsp3) is 0.400. The van der Waals surface area contributed by atoms with Crippen LogP contribution in [0.2, 0.25) is 0 Å². The zero-order chi connectivity index (χ0) is 16.0. The fourth-order valence-electron chi connectivity index (χ4n) is 1.36. The summed E-state index contributed by atoms with van der Waals surface area (Å²) >= 11 is 0. The third kappa shape index (κ3) is 6.13. The third-order valence-corrected chi connectivity index (χ3v) is 2.23. The van der Waals surface area contributed by atoms with Crippen LogP contribution >= 0.6 is 0 Å². The van der Waals surface area contributed by atoms with Gasteiger partial charge in [-0.05, 0) is 32.9 Å². The number of hydrogen-bond donors (Lipinski definition) is 2. The van der Waals surface area contributed by atoms with Crippen molar-refractivity contribution in [1.82, 2.24) is 5.32 Å². The molecule has 0 aliphatic heterocycles. The average molecular weight is 296 g/mol. The van der Waals surface area contributed by atoms with E-state index in [2.05, 4.69) is 17.2 Å². The monoisotopic (exact) mass is 296 g/mol. The van der Waals surface area contributed by atoms with Crippen LogP contribution in [0.4, 0.5) is 19.3 Å². The Morgan fingerprint density at radius 2 is 1.90 bits per heavy atom. The molecule has 0 aromatic heterocycles. The summed E-state index contributed by atoms with van der Waals surface area (Å²) in [7, 11) is 0. The van der Waals surface area contributed by atoms with Gasteiger partial charge < -0.3 is 15.8 Å². The quantitative estimate of drug-likeness (QED) is 0.501. The van der Waals surface area contributed by atoms with Crippen molar-refractivity contribution in [3.63, 3.8) is 0 Å². The van der Waals surface area contributed by atoms with Crippen LogP contribution in [0.3, 0.4) is 0 Å². The number of amides is 1. The normalized spacial score (nSPS) is 10.5. The molecule has 6 heteroatoms. The molecule has 0 unspecified atom stereocenters. The molecule has 1 amide bonds. The molecule has 0 atom stereocenters. The molecular weight excluding hydrogens is 278 g/mol. The maximum Gasteiger partial charge on any atom is 0.407 e. The third-order valence-electron chi connectivity index (χ3n) is 2.23. The van der Waals surface area contributed by atoms with Gasteiger partial charge in [-0.1, -0.05) is 11.8 Å². The van der Waals surface area contributed by atoms with Gasteiger partial charge in [-0.15, -0.1) is 0 Å². The van der Waals surface area contributed by atoms with Crippen molar-refractivity contribution in [2.24, 2.45) is 0 Å². The topological polar surface area (TPSA) is 64.3 Å². The number of anilines is 1. The first-order valence-corrected chi connectivity index (χ1v) is 6.39. The highest BCUT2D eigenvalue weighted by Crippen LogP contribution is 2.16. The molecule has 0 radical (unpaired) electrons. The summed E-state index contributed by atoms with van der Waals surface area (Å²) < 4.78 is 31.4. The Balaban J connectivity index is 2.46. The first-order chi connectivity index (χ1) is 9.69. The average Bonchev–Trinajstić information content (AvgIpc) is 2.33. The van der Waals surface area contributed by atoms with Crippen LogP contribution < -0.4 is 11.1 Å². The predicted octanol–water partition coefficient (Wildman–Crippen LogP) is 2.81. The summed E-state index contributed by atoms with van der Waals surface area (Å²) in [5, 5.41) is 2.53. The van der Waals surface area contributed by atoms with Crippen molar-refractivity contribution in [2.75, 3.05) is 12.3 Å². The van der Waals surface area contributed by atoms with Crippen LogP contribution in [-0.4, -0.2) is 18.2 Å². The highest BCUT2D eigenvalue weighted by molar-refractivity contribution is 5.67. The Kier molecular flexibility index (Phi) is 5.53. The molecule has 1 aromatic carbocycles. The lowest BCUT2D eigenvalue weighted by Gasteiger charge is -2.19. The summed E-state index contributed by atoms with van der Waals surface area (Å²) in [6.45, 7) is 5.56. The van der Waals surface area contributed by atoms with Crippen LogP contribution in [0.1, 0.15) is 32.8 Å². The minimum Gasteiger partial charge on any atom is -0.444 e. The minimum absolute atomic E-state index is 0.191. The number of nitrogen functional groups attached to an aromatic ring is 1. The van der Waals surface area contributed by atoms with Crippen LogP contribution in [0, 0.1) is 23.5 Å². The van der Waals surface area contributed by atoms with Crippen molar-refractivity contribution >= 4 is 11.8 Å². The van der Waals surface area contributed by atoms with E-state index < -0.39 is 29.0 Å². The lowest BCUT2D eigenvalue weighted by molar-refractivity contribution is 0.0529. The summed E-state index contributed by atoms with van der Waals surface area (Å²) in [5.41, 5.74) is 4.26. The Bertz CT molecular complexity index is 561. The molecule has 4 nitrogen and oxygen atoms in total. The molecule has 1 aromatic rings. The van der Waals surface area contributed by atoms with E-state index in [1.54, 1.807) is 20.8 Å². The highest BCUT2D eigenvalue weighted by atomic mass is 19.1. The minimum atomic E-state index is -0.842. The Morgan fingerprint density at radius 1 is 1.33 bits per heavy atom. The second-order valence-electron chi connectivity index (χ2n) is 5.33. The number of carbonyl (C=O) groups is 1. The van der Waals surface area contributed by atoms with Gasteiger partial charge in [0.15, 0.2) is 0 Å². The van der Waals surface area contributed by atoms with E-state index in [0.29, 0.717) is 6.42 Å². The molecule has 0 saturated carbocycles. The van der Waals surface area contributed by atoms with Gasteiger partial charge >= 0.3 is 6.09 Å². The molecular formula is C15H18F2N2O2. The van der Waals surface area contributed by atoms with Gasteiger partial charge in [0.05, 0.1) is 0 Å². The van der Waals surface area contributed by atoms with Gasteiger partial charge in [0, 0.05) is 18.5 Å². The Labute approximate surface area is 122 Å². The molecule has 0 aliphatic carbocycles. The zero-order valence-electron chi connectivity index (χ0n) is 12.2. The lowest BCUT2D eigenvalue weighted by atomic mass is 10.2. The van der Waals surface area contributed by atoms with Crippen LogP contribution in [-0.2, 0) is 4.74 Å². The highest BCUT2D eigenvalue weighted by Gasteiger charge is 2.15. The van der Waals surface area contributed by atoms with Gasteiger partial charge in [0.25, 0.3) is 0 Å². The zero-order valence-corrected chi connectivity index (χ0v) is 12.2. The van der Waals surface area contributed by atoms with E-state index in [0.717, 1.165) is 12.1 Å². The number of alkyl carbamates (subject to hydrolysis) is 1. The Hall–Kier alpha value is -2.29. The van der Waals surface area contributed by atoms with Gasteiger partial charge in [0.1, 0.15) is 22.9 Å². The van der Waals surface area contributed by atoms with E-state index >= 15 is 0 Å². The van der Waals surface area contributed by atoms with Crippen LogP contribution in [0.5, 0.6) is 0 Å². The first kappa shape index (κ1) is 16.8. The number of hydrogen-bond acceptors (Lipinski definition) is 3. The lowest BCUT2D eigenvalue weighted by Crippen LogP contribution is -2.32. The van der Waals surface area contributed by atoms with E-state index in [9.17, 15) is 13.6 Å². The standard InChI is InChI=1S/C15H18F2N2O2/c1-15(2,3)21-14(20)19-7-5-4-6-10-8-11(16)13(18)12(17)9-10/h8-9H,5,7,18H2,1-3H3,(H,19,20). The van der Waals surface area contributed by atoms with Gasteiger partial charge in [-0.25, -0.2) is 13.6 Å². The second kappa shape index (κ2) is 6.93. The molecule has 1 rings (SSSR count). The number of nitrogens with one attached hydrogen (secondary N) is 1. The summed E-state index contributed by atoms with van der Waals surface area (Å²) in [5.74, 6) is 3.61. The maximum absolute atomic E-state index is 13.2. The predicted molar refractivity (Wildman–Crippen MR) is 76.5 cm³/mol. The van der Waals surface area contributed by atoms with E-state index in [4.69, 9.17) is 10.5 Å². The molecule has 21 heavy (non-hydrogen) atoms. The molecule has 0 aliphatic rings. The number of halogens is 2. The molecule has 0 saturated heterocycles. The molecule has 0 fully saturated rings. The van der Waals surface area contributed by atoms with Gasteiger partial charge in [-0.2, -0.15) is 0 Å². The number of nitrogens with two attached hydrogens (primary N) is 1. The van der Waals surface area contributed by atoms with Crippen molar-refractivity contribution in [3.8, 4) is 11.8 Å². The molecule has 0 spiro atoms. The Morgan fingerprint density at radius 3 is 2.43 bits per heavy atom. The SMILES string of the molecule is CC(C)(C)OC(=O)NCCC#Cc1cc(F)c(N)c(F)c1. The number of ether oxygens (including phenoxy) is 1. The van der Waals surface area contributed by atoms with Crippen molar-refractivity contribution in [3.05, 3.63) is 29.3 Å². The van der Waals surface area contributed by atoms with Gasteiger partial charge in [-0.3, -0.25) is 0 Å². The smallest absolute Gasteiger partial charge is 0.407 e. The van der Waals surface area contributed by atoms with Crippen LogP contribution in [0.15, 0.2) is 12.1 Å². The first-order valence-electron chi connectivity index (χ1n) is 6.39. The largest absolute Gasteiger partial charge is 0.444 e. The summed E-state index contributed by atoms with van der Waals surface area (Å²) in [4.78, 5) is 11.3. The van der Waals surface area contributed by atoms with Crippen molar-refractivity contribution in [2.45, 2.75) is 32.8 Å². The maximum atomic E-state index is 13.2. The van der Waals surface area contributed by atoms with Crippen molar-refractivity contribution in [1.29, 1.82) is 0 Å². The van der Waals surface area contributed by atoms with E-state index in [1.165, 1.54) is 0 Å². The molecule has 3 N–H and O–H groups in total. The molecule has 0 bridgehead atoms. The van der Waals surface area contributed by atoms with E-state index in [-0.39, 0.29) is 12.1 Å². The summed E-state index contributed by atoms with van der Waals surface area (Å²) in [6, 6.07) is 2.12. The van der Waals surface area contributed by atoms with Crippen LogP contribution in [0.25, 0.3) is 0 Å². The van der Waals surface area contributed by atoms with Crippen molar-refractivity contribution < 1.29 is 18.3 Å². The number of benzene rings is 1. The second-order valence-corrected chi connectivity index (χ2v) is 5.33. The fourth-order valence-corrected chi connectivity index (χ4v) is 1.36. The molecule has 0 heterocycles. The van der Waals surface area contributed by atoms with Gasteiger partial charge in [0.2, 0.25) is 0 Å². The van der Waals surface area contributed by atoms with E-state index in [1.807, 2.05) is 0 Å². The summed E-state index contributed by atoms with van der Waals surface area (Å²) in [6.07, 6.45) is -0.207. The number of carbonyl (C=O) groups excluding carboxylic acids is 1. The molecule has 114 valence electrons.